The highest BCUT2D eigenvalue weighted by Crippen LogP contribution is 2.30. The Hall–Kier alpha value is -5.64. The summed E-state index contributed by atoms with van der Waals surface area (Å²) in [5.41, 5.74) is 4.94. The molecule has 7 rings (SSSR count). The molecule has 0 amide bonds. The Morgan fingerprint density at radius 2 is 1.27 bits per heavy atom. The van der Waals surface area contributed by atoms with Crippen molar-refractivity contribution in [1.29, 1.82) is 0 Å². The van der Waals surface area contributed by atoms with Gasteiger partial charge in [0.1, 0.15) is 11.4 Å². The van der Waals surface area contributed by atoms with E-state index in [9.17, 15) is 0 Å². The van der Waals surface area contributed by atoms with Crippen LogP contribution in [0.2, 0.25) is 0 Å². The normalized spacial score (nSPS) is 14.7. The van der Waals surface area contributed by atoms with E-state index in [2.05, 4.69) is 41.4 Å². The highest BCUT2D eigenvalue weighted by molar-refractivity contribution is 5.71. The summed E-state index contributed by atoms with van der Waals surface area (Å²) in [5.74, 6) is 1.35. The van der Waals surface area contributed by atoms with Crippen molar-refractivity contribution in [1.82, 2.24) is 35.3 Å². The Bertz CT molecular complexity index is 1880. The van der Waals surface area contributed by atoms with E-state index in [0.29, 0.717) is 46.1 Å². The molecule has 1 atom stereocenters. The first-order chi connectivity index (χ1) is 20.3. The van der Waals surface area contributed by atoms with E-state index in [0.717, 1.165) is 29.9 Å². The molecule has 41 heavy (non-hydrogen) atoms. The van der Waals surface area contributed by atoms with Crippen LogP contribution in [0.1, 0.15) is 24.6 Å². The van der Waals surface area contributed by atoms with Crippen molar-refractivity contribution in [2.75, 3.05) is 0 Å². The lowest BCUT2D eigenvalue weighted by Crippen LogP contribution is -1.99. The van der Waals surface area contributed by atoms with Gasteiger partial charge in [-0.3, -0.25) is 9.98 Å². The van der Waals surface area contributed by atoms with Gasteiger partial charge in [-0.15, -0.1) is 20.4 Å². The third-order valence-electron chi connectivity index (χ3n) is 6.53. The summed E-state index contributed by atoms with van der Waals surface area (Å²) in [7, 11) is 0. The Kier molecular flexibility index (Phi) is 6.46. The lowest BCUT2D eigenvalue weighted by Gasteiger charge is -2.10. The van der Waals surface area contributed by atoms with Crippen LogP contribution < -0.4 is 0 Å². The van der Waals surface area contributed by atoms with Crippen molar-refractivity contribution < 1.29 is 8.83 Å². The van der Waals surface area contributed by atoms with Gasteiger partial charge in [0.05, 0.1) is 23.1 Å². The number of aromatic nitrogens is 7. The summed E-state index contributed by atoms with van der Waals surface area (Å²) < 4.78 is 12.0. The van der Waals surface area contributed by atoms with Gasteiger partial charge in [0.2, 0.25) is 11.8 Å². The second-order valence-electron chi connectivity index (χ2n) is 9.30. The molecule has 1 unspecified atom stereocenters. The molecule has 1 aromatic carbocycles. The van der Waals surface area contributed by atoms with E-state index >= 15 is 0 Å². The predicted molar refractivity (Wildman–Crippen MR) is 152 cm³/mol. The van der Waals surface area contributed by atoms with Crippen LogP contribution >= 0.6 is 0 Å². The second-order valence-corrected chi connectivity index (χ2v) is 9.30. The van der Waals surface area contributed by atoms with E-state index in [-0.39, 0.29) is 6.04 Å². The third kappa shape index (κ3) is 5.18. The molecule has 5 aromatic heterocycles. The number of benzene rings is 1. The Labute approximate surface area is 234 Å². The quantitative estimate of drug-likeness (QED) is 0.235. The number of hydrogen-bond acceptors (Lipinski definition) is 10. The smallest absolute Gasteiger partial charge is 0.266 e. The number of aliphatic imine (C=N–C) groups is 1. The van der Waals surface area contributed by atoms with Gasteiger partial charge in [0.25, 0.3) is 11.8 Å². The monoisotopic (exact) mass is 538 g/mol. The van der Waals surface area contributed by atoms with Crippen LogP contribution in [0.15, 0.2) is 111 Å². The number of pyridine rings is 3. The van der Waals surface area contributed by atoms with Crippen molar-refractivity contribution in [3.63, 3.8) is 0 Å². The average Bonchev–Trinajstić information content (AvgIpc) is 3.67. The Balaban J connectivity index is 1.13. The standard InChI is InChI=1S/C31H22N8O2/c1-2-11-22(32-17-4-1)24-13-7-15-26(34-24)30-38-36-28(40-30)20-9-6-10-21(19-20)29-37-39-31(41-29)27-16-8-14-25(35-27)23-12-3-5-18-33-23/h1,3-10,12-19,22H,2,11H2. The molecule has 6 heterocycles. The van der Waals surface area contributed by atoms with Crippen molar-refractivity contribution in [3.8, 4) is 57.5 Å². The van der Waals surface area contributed by atoms with Crippen molar-refractivity contribution >= 4 is 6.21 Å². The van der Waals surface area contributed by atoms with Crippen molar-refractivity contribution in [2.45, 2.75) is 18.9 Å². The van der Waals surface area contributed by atoms with E-state index in [1.165, 1.54) is 0 Å². The van der Waals surface area contributed by atoms with Crippen LogP contribution in [-0.4, -0.2) is 41.6 Å². The zero-order valence-corrected chi connectivity index (χ0v) is 21.7. The summed E-state index contributed by atoms with van der Waals surface area (Å²) in [4.78, 5) is 18.4. The van der Waals surface area contributed by atoms with Crippen LogP contribution in [0.3, 0.4) is 0 Å². The molecule has 1 aliphatic rings. The molecule has 0 fully saturated rings. The van der Waals surface area contributed by atoms with E-state index in [1.807, 2.05) is 91.2 Å². The molecule has 0 saturated heterocycles. The fourth-order valence-electron chi connectivity index (χ4n) is 4.50. The van der Waals surface area contributed by atoms with Crippen LogP contribution in [0, 0.1) is 0 Å². The highest BCUT2D eigenvalue weighted by atomic mass is 16.4. The Morgan fingerprint density at radius 1 is 0.610 bits per heavy atom. The lowest BCUT2D eigenvalue weighted by atomic mass is 10.1. The van der Waals surface area contributed by atoms with Gasteiger partial charge in [0, 0.05) is 23.5 Å². The van der Waals surface area contributed by atoms with E-state index in [1.54, 1.807) is 6.20 Å². The fraction of sp³-hybridized carbons (Fsp3) is 0.0968. The molecule has 0 N–H and O–H groups in total. The van der Waals surface area contributed by atoms with Crippen LogP contribution in [0.25, 0.3) is 57.5 Å². The maximum absolute atomic E-state index is 6.03. The van der Waals surface area contributed by atoms with Crippen molar-refractivity contribution in [3.05, 3.63) is 103 Å². The highest BCUT2D eigenvalue weighted by Gasteiger charge is 2.18. The number of nitrogens with zero attached hydrogens (tertiary/aromatic N) is 8. The molecule has 0 saturated carbocycles. The fourth-order valence-corrected chi connectivity index (χ4v) is 4.50. The number of rotatable bonds is 6. The number of hydrogen-bond donors (Lipinski definition) is 0. The summed E-state index contributed by atoms with van der Waals surface area (Å²) >= 11 is 0. The topological polar surface area (TPSA) is 129 Å². The van der Waals surface area contributed by atoms with Gasteiger partial charge in [0.15, 0.2) is 0 Å². The summed E-state index contributed by atoms with van der Waals surface area (Å²) in [6, 6.07) is 24.5. The van der Waals surface area contributed by atoms with Gasteiger partial charge in [-0.1, -0.05) is 30.3 Å². The van der Waals surface area contributed by atoms with E-state index < -0.39 is 0 Å². The zero-order chi connectivity index (χ0) is 27.4. The first-order valence-corrected chi connectivity index (χ1v) is 13.1. The largest absolute Gasteiger partial charge is 0.415 e. The predicted octanol–water partition coefficient (Wildman–Crippen LogP) is 6.43. The maximum atomic E-state index is 6.03. The average molecular weight is 539 g/mol. The van der Waals surface area contributed by atoms with Crippen LogP contribution in [0.5, 0.6) is 0 Å². The lowest BCUT2D eigenvalue weighted by molar-refractivity contribution is 0.579. The SMILES string of the molecule is C1=CCCC(c2cccc(-c3nnc(-c4cccc(-c5nnc(-c6cccc(-c7ccccn7)n6)o5)c4)o3)n2)N=C1. The molecular weight excluding hydrogens is 516 g/mol. The molecule has 0 aliphatic carbocycles. The molecule has 198 valence electrons. The third-order valence-corrected chi connectivity index (χ3v) is 6.53. The summed E-state index contributed by atoms with van der Waals surface area (Å²) in [5, 5.41) is 17.0. The minimum absolute atomic E-state index is 0.00370. The molecule has 10 nitrogen and oxygen atoms in total. The van der Waals surface area contributed by atoms with Gasteiger partial charge >= 0.3 is 0 Å². The summed E-state index contributed by atoms with van der Waals surface area (Å²) in [6.45, 7) is 0. The molecule has 10 heteroatoms. The maximum Gasteiger partial charge on any atom is 0.266 e. The zero-order valence-electron chi connectivity index (χ0n) is 21.7. The first kappa shape index (κ1) is 24.4. The van der Waals surface area contributed by atoms with Crippen LogP contribution in [-0.2, 0) is 0 Å². The van der Waals surface area contributed by atoms with Crippen molar-refractivity contribution in [2.24, 2.45) is 4.99 Å². The number of allylic oxidation sites excluding steroid dienone is 2. The van der Waals surface area contributed by atoms with Crippen LogP contribution in [0.4, 0.5) is 0 Å². The summed E-state index contributed by atoms with van der Waals surface area (Å²) in [6.07, 6.45) is 9.48. The van der Waals surface area contributed by atoms with Gasteiger partial charge in [-0.05, 0) is 73.5 Å². The first-order valence-electron chi connectivity index (χ1n) is 13.1. The molecule has 1 aliphatic heterocycles. The molecule has 6 aromatic rings. The Morgan fingerprint density at radius 3 is 2.02 bits per heavy atom. The molecule has 0 spiro atoms. The van der Waals surface area contributed by atoms with E-state index in [4.69, 9.17) is 13.8 Å². The molecule has 0 bridgehead atoms. The van der Waals surface area contributed by atoms with Gasteiger partial charge in [-0.2, -0.15) is 0 Å². The minimum Gasteiger partial charge on any atom is -0.415 e. The molecular formula is C31H22N8O2. The second kappa shape index (κ2) is 10.9. The molecule has 0 radical (unpaired) electrons. The minimum atomic E-state index is -0.00370. The van der Waals surface area contributed by atoms with Gasteiger partial charge in [-0.25, -0.2) is 9.97 Å². The van der Waals surface area contributed by atoms with Gasteiger partial charge < -0.3 is 8.83 Å².